The fourth-order valence-corrected chi connectivity index (χ4v) is 11.8. The van der Waals surface area contributed by atoms with E-state index in [2.05, 4.69) is 0 Å². The predicted molar refractivity (Wildman–Crippen MR) is 368 cm³/mol. The van der Waals surface area contributed by atoms with E-state index in [1.54, 1.807) is 115 Å². The fraction of sp³-hybridized carbons (Fsp3) is 0.222. The smallest absolute Gasteiger partial charge is 0.338 e. The van der Waals surface area contributed by atoms with Crippen LogP contribution in [0.2, 0.25) is 0 Å². The standard InChI is InChI=1S/C81H68O25/c82-46-58-61(106-81-69(105-78(91)57-44-26-9-27-45-57)66(102-75(88)54-38-20-6-21-39-54)63(99-72(85)51-32-14-3-15-33-51)60(97-81)47-93-70(83)49-28-10-1-11-29-49)65(101-74(87)53-36-18-5-19-37-53)68(104-77(90)56-42-24-8-25-43-56)80(96-58)94-48-59-62(98-71(84)50-30-12-2-13-31-50)64(100-73(86)52-34-16-4-17-35-52)67(79(92)95-59)103-76(89)55-40-22-7-23-41-55/h1-45,58-69,79-82,92H,46-48H2/t58-,59-,60-,61+,62+,63-,64+,65+,66+,67-,68-,69+,79-,80-,81-/m1/s1. The summed E-state index contributed by atoms with van der Waals surface area (Å²) < 4.78 is 88.9. The highest BCUT2D eigenvalue weighted by Crippen LogP contribution is 2.39. The summed E-state index contributed by atoms with van der Waals surface area (Å²) in [5.74, 6) is -9.41. The monoisotopic (exact) mass is 1440 g/mol. The van der Waals surface area contributed by atoms with Crippen LogP contribution >= 0.6 is 0 Å². The minimum atomic E-state index is -2.22. The Morgan fingerprint density at radius 1 is 0.255 bits per heavy atom. The molecule has 0 radical (unpaired) electrons. The van der Waals surface area contributed by atoms with Crippen LogP contribution in [0.5, 0.6) is 0 Å². The van der Waals surface area contributed by atoms with Crippen LogP contribution < -0.4 is 0 Å². The lowest BCUT2D eigenvalue weighted by Crippen LogP contribution is -2.67. The van der Waals surface area contributed by atoms with Gasteiger partial charge >= 0.3 is 53.7 Å². The minimum Gasteiger partial charge on any atom is -0.459 e. The van der Waals surface area contributed by atoms with Gasteiger partial charge in [0.05, 0.1) is 63.3 Å². The highest BCUT2D eigenvalue weighted by atomic mass is 16.8. The maximum absolute atomic E-state index is 14.9. The number of aliphatic hydroxyl groups excluding tert-OH is 2. The van der Waals surface area contributed by atoms with Crippen molar-refractivity contribution in [2.75, 3.05) is 19.8 Å². The number of hydrogen-bond acceptors (Lipinski definition) is 25. The molecule has 3 saturated heterocycles. The molecule has 15 atom stereocenters. The van der Waals surface area contributed by atoms with Crippen LogP contribution in [0, 0.1) is 0 Å². The summed E-state index contributed by atoms with van der Waals surface area (Å²) in [4.78, 5) is 130. The van der Waals surface area contributed by atoms with Crippen molar-refractivity contribution in [3.8, 4) is 0 Å². The number of rotatable bonds is 25. The summed E-state index contributed by atoms with van der Waals surface area (Å²) in [5, 5.41) is 23.9. The first kappa shape index (κ1) is 73.7. The average molecular weight is 1440 g/mol. The van der Waals surface area contributed by atoms with Crippen molar-refractivity contribution in [3.63, 3.8) is 0 Å². The molecule has 25 nitrogen and oxygen atoms in total. The van der Waals surface area contributed by atoms with Gasteiger partial charge in [-0.15, -0.1) is 0 Å². The number of benzene rings is 9. The SMILES string of the molecule is O=C(OC[C@H]1O[C@H](O[C@@H]2[C@H](OC(=O)c3ccccc3)[C@@H](OC(=O)c3ccccc3)[C@H](OC[C@H]3O[C@@H](O)[C@H](OC(=O)c4ccccc4)[C@@H](OC(=O)c4ccccc4)[C@H]3OC(=O)c3ccccc3)O[C@@H]2CO)[C@@H](OC(=O)c2ccccc2)[C@@H](OC(=O)c2ccccc2)[C@@H]1OC(=O)c1ccccc1)c1ccccc1. The van der Waals surface area contributed by atoms with Crippen molar-refractivity contribution in [1.29, 1.82) is 0 Å². The van der Waals surface area contributed by atoms with Crippen molar-refractivity contribution in [2.45, 2.75) is 92.1 Å². The van der Waals surface area contributed by atoms with Crippen LogP contribution in [0.15, 0.2) is 273 Å². The Hall–Kier alpha value is -12.1. The van der Waals surface area contributed by atoms with Crippen molar-refractivity contribution in [3.05, 3.63) is 323 Å². The van der Waals surface area contributed by atoms with Crippen molar-refractivity contribution in [2.24, 2.45) is 0 Å². The van der Waals surface area contributed by atoms with E-state index < -0.39 is 166 Å². The molecule has 0 amide bonds. The fourth-order valence-electron chi connectivity index (χ4n) is 11.8. The molecule has 106 heavy (non-hydrogen) atoms. The molecule has 0 bridgehead atoms. The van der Waals surface area contributed by atoms with Gasteiger partial charge in [-0.25, -0.2) is 43.2 Å². The van der Waals surface area contributed by atoms with E-state index in [1.807, 2.05) is 0 Å². The zero-order valence-corrected chi connectivity index (χ0v) is 56.0. The van der Waals surface area contributed by atoms with Gasteiger partial charge in [-0.1, -0.05) is 164 Å². The van der Waals surface area contributed by atoms with Gasteiger partial charge in [0.2, 0.25) is 0 Å². The molecule has 25 heteroatoms. The van der Waals surface area contributed by atoms with Crippen molar-refractivity contribution < 1.29 is 120 Å². The van der Waals surface area contributed by atoms with Crippen LogP contribution in [0.3, 0.4) is 0 Å². The molecule has 3 aliphatic heterocycles. The Morgan fingerprint density at radius 3 is 0.802 bits per heavy atom. The van der Waals surface area contributed by atoms with E-state index in [0.717, 1.165) is 0 Å². The molecule has 0 aliphatic carbocycles. The van der Waals surface area contributed by atoms with E-state index in [9.17, 15) is 53.4 Å². The number of ether oxygens (including phenoxy) is 14. The number of carbonyl (C=O) groups is 9. The number of hydrogen-bond donors (Lipinski definition) is 2. The Bertz CT molecular complexity index is 4430. The molecule has 0 aromatic heterocycles. The summed E-state index contributed by atoms with van der Waals surface area (Å²) in [6, 6.07) is 68.0. The normalized spacial score (nSPS) is 23.9. The Labute approximate surface area is 605 Å². The second-order valence-corrected chi connectivity index (χ2v) is 24.1. The first-order chi connectivity index (χ1) is 51.7. The van der Waals surface area contributed by atoms with Crippen LogP contribution in [-0.4, -0.2) is 176 Å². The number of carbonyl (C=O) groups excluding carboxylic acids is 9. The van der Waals surface area contributed by atoms with Gasteiger partial charge in [-0.2, -0.15) is 0 Å². The highest BCUT2D eigenvalue weighted by molar-refractivity contribution is 5.94. The number of aliphatic hydroxyl groups is 2. The highest BCUT2D eigenvalue weighted by Gasteiger charge is 2.59. The van der Waals surface area contributed by atoms with E-state index in [4.69, 9.17) is 66.3 Å². The van der Waals surface area contributed by atoms with E-state index in [-0.39, 0.29) is 50.1 Å². The van der Waals surface area contributed by atoms with Crippen LogP contribution in [-0.2, 0) is 66.3 Å². The molecule has 0 saturated carbocycles. The van der Waals surface area contributed by atoms with Crippen molar-refractivity contribution >= 4 is 53.7 Å². The molecule has 12 rings (SSSR count). The summed E-state index contributed by atoms with van der Waals surface area (Å²) in [6.45, 7) is -2.88. The van der Waals surface area contributed by atoms with Gasteiger partial charge in [0, 0.05) is 0 Å². The van der Waals surface area contributed by atoms with Gasteiger partial charge in [-0.05, 0) is 109 Å². The molecule has 0 spiro atoms. The summed E-state index contributed by atoms with van der Waals surface area (Å²) in [5.41, 5.74) is -0.277. The maximum atomic E-state index is 14.9. The van der Waals surface area contributed by atoms with E-state index in [1.165, 1.54) is 158 Å². The molecule has 3 fully saturated rings. The maximum Gasteiger partial charge on any atom is 0.338 e. The Morgan fingerprint density at radius 2 is 0.491 bits per heavy atom. The minimum absolute atomic E-state index is 0.00248. The zero-order chi connectivity index (χ0) is 73.9. The lowest BCUT2D eigenvalue weighted by molar-refractivity contribution is -0.361. The van der Waals surface area contributed by atoms with Gasteiger partial charge in [-0.3, -0.25) is 0 Å². The van der Waals surface area contributed by atoms with E-state index in [0.29, 0.717) is 0 Å². The molecule has 3 aliphatic rings. The lowest BCUT2D eigenvalue weighted by Gasteiger charge is -2.49. The average Bonchev–Trinajstić information content (AvgIpc) is 0.767. The van der Waals surface area contributed by atoms with E-state index >= 15 is 0 Å². The predicted octanol–water partition coefficient (Wildman–Crippen LogP) is 9.21. The quantitative estimate of drug-likeness (QED) is 0.0397. The zero-order valence-electron chi connectivity index (χ0n) is 56.0. The largest absolute Gasteiger partial charge is 0.459 e. The van der Waals surface area contributed by atoms with Gasteiger partial charge in [0.1, 0.15) is 31.0 Å². The van der Waals surface area contributed by atoms with Gasteiger partial charge in [0.25, 0.3) is 0 Å². The van der Waals surface area contributed by atoms with Crippen LogP contribution in [0.1, 0.15) is 93.2 Å². The molecule has 0 unspecified atom stereocenters. The summed E-state index contributed by atoms with van der Waals surface area (Å²) in [6.07, 6.45) is -30.0. The molecule has 542 valence electrons. The first-order valence-electron chi connectivity index (χ1n) is 33.5. The summed E-state index contributed by atoms with van der Waals surface area (Å²) >= 11 is 0. The third kappa shape index (κ3) is 18.3. The third-order valence-corrected chi connectivity index (χ3v) is 17.1. The third-order valence-electron chi connectivity index (χ3n) is 17.1. The Kier molecular flexibility index (Phi) is 24.6. The molecule has 9 aromatic carbocycles. The molecular formula is C81H68O25. The molecule has 3 heterocycles. The summed E-state index contributed by atoms with van der Waals surface area (Å²) in [7, 11) is 0. The molecule has 2 N–H and O–H groups in total. The second kappa shape index (κ2) is 35.4. The topological polar surface area (TPSA) is 323 Å². The molecular weight excluding hydrogens is 1370 g/mol. The Balaban J connectivity index is 0.966. The number of esters is 9. The van der Waals surface area contributed by atoms with Gasteiger partial charge in [0.15, 0.2) is 67.7 Å². The molecule has 9 aromatic rings. The van der Waals surface area contributed by atoms with Gasteiger partial charge < -0.3 is 76.5 Å². The van der Waals surface area contributed by atoms with Crippen molar-refractivity contribution in [1.82, 2.24) is 0 Å². The van der Waals surface area contributed by atoms with Crippen LogP contribution in [0.25, 0.3) is 0 Å². The van der Waals surface area contributed by atoms with Crippen LogP contribution in [0.4, 0.5) is 0 Å². The lowest BCUT2D eigenvalue weighted by atomic mass is 9.95. The second-order valence-electron chi connectivity index (χ2n) is 24.1. The first-order valence-corrected chi connectivity index (χ1v) is 33.5.